The molecule has 1 heterocycles. The number of rotatable bonds is 3. The first-order chi connectivity index (χ1) is 10.2. The first kappa shape index (κ1) is 13.1. The summed E-state index contributed by atoms with van der Waals surface area (Å²) in [4.78, 5) is 11.8. The second-order valence-electron chi connectivity index (χ2n) is 4.59. The van der Waals surface area contributed by atoms with Gasteiger partial charge in [-0.1, -0.05) is 47.6 Å². The minimum atomic E-state index is -0.400. The van der Waals surface area contributed by atoms with E-state index in [0.29, 0.717) is 5.76 Å². The Balaban J connectivity index is 1.78. The third-order valence-electron chi connectivity index (χ3n) is 3.05. The molecule has 1 aromatic heterocycles. The molecule has 0 aliphatic rings. The molecule has 0 aliphatic carbocycles. The number of nitrogens with zero attached hydrogens (tertiary/aromatic N) is 2. The molecule has 104 valence electrons. The number of carbonyl (C=O) groups is 1. The number of aromatic nitrogens is 1. The molecule has 0 aliphatic heterocycles. The molecule has 0 atom stereocenters. The van der Waals surface area contributed by atoms with Crippen molar-refractivity contribution in [2.45, 2.75) is 6.92 Å². The Morgan fingerprint density at radius 3 is 2.86 bits per heavy atom. The van der Waals surface area contributed by atoms with Gasteiger partial charge in [0.2, 0.25) is 0 Å². The van der Waals surface area contributed by atoms with Crippen LogP contribution in [0.5, 0.6) is 0 Å². The number of aryl methyl sites for hydroxylation is 1. The quantitative estimate of drug-likeness (QED) is 0.592. The van der Waals surface area contributed by atoms with E-state index < -0.39 is 5.91 Å². The molecule has 21 heavy (non-hydrogen) atoms. The first-order valence-corrected chi connectivity index (χ1v) is 6.48. The van der Waals surface area contributed by atoms with Crippen molar-refractivity contribution in [3.63, 3.8) is 0 Å². The molecular formula is C16H13N3O2. The molecule has 0 fully saturated rings. The highest BCUT2D eigenvalue weighted by Gasteiger charge is 2.09. The van der Waals surface area contributed by atoms with Crippen LogP contribution in [0.2, 0.25) is 0 Å². The maximum absolute atomic E-state index is 11.8. The van der Waals surface area contributed by atoms with Gasteiger partial charge in [-0.3, -0.25) is 4.79 Å². The summed E-state index contributed by atoms with van der Waals surface area (Å²) in [6.07, 6.45) is 1.62. The van der Waals surface area contributed by atoms with Gasteiger partial charge in [-0.15, -0.1) is 0 Å². The van der Waals surface area contributed by atoms with Crippen molar-refractivity contribution in [3.8, 4) is 0 Å². The molecule has 5 nitrogen and oxygen atoms in total. The van der Waals surface area contributed by atoms with E-state index in [-0.39, 0.29) is 5.69 Å². The molecule has 0 spiro atoms. The molecule has 3 rings (SSSR count). The molecule has 0 saturated heterocycles. The highest BCUT2D eigenvalue weighted by atomic mass is 16.5. The number of fused-ring (bicyclic) bond motifs is 1. The number of hydrogen-bond donors (Lipinski definition) is 1. The van der Waals surface area contributed by atoms with Crippen molar-refractivity contribution in [2.24, 2.45) is 5.10 Å². The van der Waals surface area contributed by atoms with E-state index in [9.17, 15) is 4.79 Å². The summed E-state index contributed by atoms with van der Waals surface area (Å²) in [5, 5.41) is 9.81. The fourth-order valence-electron chi connectivity index (χ4n) is 2.05. The van der Waals surface area contributed by atoms with Crippen molar-refractivity contribution >= 4 is 22.9 Å². The molecule has 0 radical (unpaired) electrons. The topological polar surface area (TPSA) is 67.5 Å². The van der Waals surface area contributed by atoms with Crippen molar-refractivity contribution < 1.29 is 9.32 Å². The van der Waals surface area contributed by atoms with Gasteiger partial charge in [-0.05, 0) is 17.7 Å². The maximum atomic E-state index is 11.8. The highest BCUT2D eigenvalue weighted by Crippen LogP contribution is 2.16. The van der Waals surface area contributed by atoms with Crippen LogP contribution in [0.1, 0.15) is 21.8 Å². The van der Waals surface area contributed by atoms with Crippen LogP contribution in [0, 0.1) is 6.92 Å². The summed E-state index contributed by atoms with van der Waals surface area (Å²) >= 11 is 0. The molecule has 1 amide bonds. The van der Waals surface area contributed by atoms with E-state index >= 15 is 0 Å². The molecular weight excluding hydrogens is 266 g/mol. The van der Waals surface area contributed by atoms with Crippen molar-refractivity contribution in [1.82, 2.24) is 10.6 Å². The van der Waals surface area contributed by atoms with Gasteiger partial charge in [0.1, 0.15) is 5.76 Å². The average Bonchev–Trinajstić information content (AvgIpc) is 2.94. The maximum Gasteiger partial charge on any atom is 0.293 e. The summed E-state index contributed by atoms with van der Waals surface area (Å²) < 4.78 is 4.85. The van der Waals surface area contributed by atoms with Gasteiger partial charge in [0.15, 0.2) is 5.69 Å². The van der Waals surface area contributed by atoms with E-state index in [1.165, 1.54) is 0 Å². The number of amides is 1. The summed E-state index contributed by atoms with van der Waals surface area (Å²) in [7, 11) is 0. The lowest BCUT2D eigenvalue weighted by Crippen LogP contribution is -2.17. The van der Waals surface area contributed by atoms with Gasteiger partial charge >= 0.3 is 0 Å². The van der Waals surface area contributed by atoms with Gasteiger partial charge < -0.3 is 4.52 Å². The van der Waals surface area contributed by atoms with Gasteiger partial charge in [-0.25, -0.2) is 5.43 Å². The van der Waals surface area contributed by atoms with Crippen LogP contribution >= 0.6 is 0 Å². The lowest BCUT2D eigenvalue weighted by Gasteiger charge is -2.01. The Kier molecular flexibility index (Phi) is 3.47. The Labute approximate surface area is 121 Å². The Morgan fingerprint density at radius 1 is 1.24 bits per heavy atom. The van der Waals surface area contributed by atoms with Crippen molar-refractivity contribution in [1.29, 1.82) is 0 Å². The van der Waals surface area contributed by atoms with Crippen molar-refractivity contribution in [2.75, 3.05) is 0 Å². The second-order valence-corrected chi connectivity index (χ2v) is 4.59. The third-order valence-corrected chi connectivity index (χ3v) is 3.05. The number of carbonyl (C=O) groups excluding carboxylic acids is 1. The van der Waals surface area contributed by atoms with Crippen LogP contribution in [0.4, 0.5) is 0 Å². The molecule has 5 heteroatoms. The van der Waals surface area contributed by atoms with Crippen LogP contribution < -0.4 is 5.43 Å². The average molecular weight is 279 g/mol. The van der Waals surface area contributed by atoms with Crippen molar-refractivity contribution in [3.05, 3.63) is 65.5 Å². The first-order valence-electron chi connectivity index (χ1n) is 6.48. The predicted octanol–water partition coefficient (Wildman–Crippen LogP) is 2.90. The van der Waals surface area contributed by atoms with Gasteiger partial charge in [0, 0.05) is 11.6 Å². The molecule has 0 saturated carbocycles. The molecule has 0 bridgehead atoms. The summed E-state index contributed by atoms with van der Waals surface area (Å²) in [6.45, 7) is 1.73. The molecule has 0 unspecified atom stereocenters. The minimum Gasteiger partial charge on any atom is -0.361 e. The zero-order valence-electron chi connectivity index (χ0n) is 11.4. The van der Waals surface area contributed by atoms with E-state index in [4.69, 9.17) is 4.52 Å². The Hall–Kier alpha value is -2.95. The van der Waals surface area contributed by atoms with Crippen LogP contribution in [0.25, 0.3) is 10.8 Å². The van der Waals surface area contributed by atoms with Gasteiger partial charge in [0.05, 0.1) is 6.21 Å². The smallest absolute Gasteiger partial charge is 0.293 e. The zero-order chi connectivity index (χ0) is 14.7. The van der Waals surface area contributed by atoms with Gasteiger partial charge in [0.25, 0.3) is 5.91 Å². The van der Waals surface area contributed by atoms with Crippen LogP contribution in [-0.2, 0) is 0 Å². The summed E-state index contributed by atoms with van der Waals surface area (Å²) in [5.74, 6) is 0.182. The summed E-state index contributed by atoms with van der Waals surface area (Å²) in [5.41, 5.74) is 3.58. The second kappa shape index (κ2) is 5.58. The minimum absolute atomic E-state index is 0.211. The van der Waals surface area contributed by atoms with E-state index in [0.717, 1.165) is 16.3 Å². The largest absolute Gasteiger partial charge is 0.361 e. The molecule has 2 aromatic carbocycles. The van der Waals surface area contributed by atoms with Gasteiger partial charge in [-0.2, -0.15) is 5.10 Å². The van der Waals surface area contributed by atoms with Crippen LogP contribution in [0.15, 0.2) is 58.2 Å². The number of hydrazone groups is 1. The molecule has 1 N–H and O–H groups in total. The Morgan fingerprint density at radius 2 is 2.05 bits per heavy atom. The third kappa shape index (κ3) is 2.81. The standard InChI is InChI=1S/C16H13N3O2/c1-11-9-15(19-21-11)16(20)18-17-10-13-7-4-6-12-5-2-3-8-14(12)13/h2-10H,1H3,(H,18,20). The number of benzene rings is 2. The lowest BCUT2D eigenvalue weighted by atomic mass is 10.1. The Bertz CT molecular complexity index is 816. The number of hydrogen-bond acceptors (Lipinski definition) is 4. The highest BCUT2D eigenvalue weighted by molar-refractivity contribution is 6.00. The fraction of sp³-hybridized carbons (Fsp3) is 0.0625. The summed E-state index contributed by atoms with van der Waals surface area (Å²) in [6, 6.07) is 15.5. The lowest BCUT2D eigenvalue weighted by molar-refractivity contribution is 0.0946. The van der Waals surface area contributed by atoms with E-state index in [1.54, 1.807) is 19.2 Å². The van der Waals surface area contributed by atoms with E-state index in [2.05, 4.69) is 15.7 Å². The fourth-order valence-corrected chi connectivity index (χ4v) is 2.05. The SMILES string of the molecule is Cc1cc(C(=O)NN=Cc2cccc3ccccc23)no1. The number of nitrogens with one attached hydrogen (secondary N) is 1. The van der Waals surface area contributed by atoms with E-state index in [1.807, 2.05) is 42.5 Å². The predicted molar refractivity (Wildman–Crippen MR) is 80.2 cm³/mol. The normalized spacial score (nSPS) is 11.1. The molecule has 3 aromatic rings. The van der Waals surface area contributed by atoms with Crippen LogP contribution in [-0.4, -0.2) is 17.3 Å². The monoisotopic (exact) mass is 279 g/mol. The zero-order valence-corrected chi connectivity index (χ0v) is 11.4. The van der Waals surface area contributed by atoms with Crippen LogP contribution in [0.3, 0.4) is 0 Å².